The molecule has 1 aromatic heterocycles. The number of nitrogens with zero attached hydrogens (tertiary/aromatic N) is 2. The molecule has 1 aromatic carbocycles. The molecule has 0 spiro atoms. The first kappa shape index (κ1) is 18.4. The fourth-order valence-electron chi connectivity index (χ4n) is 3.15. The van der Waals surface area contributed by atoms with Crippen LogP contribution in [-0.2, 0) is 11.2 Å². The number of hydrogen-bond acceptors (Lipinski definition) is 4. The summed E-state index contributed by atoms with van der Waals surface area (Å²) in [5, 5.41) is 2.96. The van der Waals surface area contributed by atoms with Gasteiger partial charge in [-0.1, -0.05) is 30.3 Å². The molecule has 5 heteroatoms. The van der Waals surface area contributed by atoms with E-state index in [1.165, 1.54) is 5.56 Å². The van der Waals surface area contributed by atoms with Gasteiger partial charge in [0.15, 0.2) is 0 Å². The fraction of sp³-hybridized carbons (Fsp3) is 0.429. The van der Waals surface area contributed by atoms with E-state index in [0.29, 0.717) is 18.0 Å². The maximum absolute atomic E-state index is 12.3. The number of aryl methyl sites for hydroxylation is 1. The minimum absolute atomic E-state index is 0.00200. The second-order valence-corrected chi connectivity index (χ2v) is 6.86. The van der Waals surface area contributed by atoms with Crippen molar-refractivity contribution in [2.45, 2.75) is 38.2 Å². The highest BCUT2D eigenvalue weighted by Crippen LogP contribution is 2.25. The predicted octanol–water partition coefficient (Wildman–Crippen LogP) is 3.52. The van der Waals surface area contributed by atoms with Crippen molar-refractivity contribution in [2.75, 3.05) is 25.5 Å². The summed E-state index contributed by atoms with van der Waals surface area (Å²) >= 11 is 0. The monoisotopic (exact) mass is 353 g/mol. The van der Waals surface area contributed by atoms with Crippen LogP contribution < -0.4 is 10.1 Å². The van der Waals surface area contributed by atoms with Crippen molar-refractivity contribution in [1.29, 1.82) is 0 Å². The lowest BCUT2D eigenvalue weighted by atomic mass is 10.1. The number of ether oxygens (including phenoxy) is 1. The molecule has 1 aliphatic heterocycles. The molecule has 1 fully saturated rings. The molecule has 2 heterocycles. The minimum atomic E-state index is 0.00200. The quantitative estimate of drug-likeness (QED) is 0.827. The number of likely N-dealkylation sites (tertiary alicyclic amines) is 1. The van der Waals surface area contributed by atoms with Gasteiger partial charge in [-0.2, -0.15) is 0 Å². The van der Waals surface area contributed by atoms with Crippen molar-refractivity contribution in [2.24, 2.45) is 0 Å². The van der Waals surface area contributed by atoms with Crippen molar-refractivity contribution in [3.05, 3.63) is 54.2 Å². The van der Waals surface area contributed by atoms with Crippen molar-refractivity contribution >= 4 is 11.6 Å². The molecule has 0 atom stereocenters. The van der Waals surface area contributed by atoms with E-state index in [0.717, 1.165) is 38.8 Å². The van der Waals surface area contributed by atoms with Gasteiger partial charge in [0.25, 0.3) is 0 Å². The number of benzene rings is 1. The number of anilines is 1. The molecule has 1 aliphatic rings. The predicted molar refractivity (Wildman–Crippen MR) is 103 cm³/mol. The molecule has 2 aromatic rings. The van der Waals surface area contributed by atoms with E-state index in [4.69, 9.17) is 4.74 Å². The lowest BCUT2D eigenvalue weighted by molar-refractivity contribution is -0.116. The Morgan fingerprint density at radius 1 is 1.19 bits per heavy atom. The van der Waals surface area contributed by atoms with Crippen molar-refractivity contribution in [3.63, 3.8) is 0 Å². The molecule has 0 aliphatic carbocycles. The molecular weight excluding hydrogens is 326 g/mol. The van der Waals surface area contributed by atoms with E-state index in [-0.39, 0.29) is 12.0 Å². The van der Waals surface area contributed by atoms with Gasteiger partial charge < -0.3 is 15.0 Å². The second kappa shape index (κ2) is 9.34. The molecule has 1 amide bonds. The maximum Gasteiger partial charge on any atom is 0.238 e. The van der Waals surface area contributed by atoms with E-state index in [1.54, 1.807) is 6.20 Å². The molecular formula is C21H27N3O2. The molecule has 0 bridgehead atoms. The van der Waals surface area contributed by atoms with Crippen LogP contribution in [0.25, 0.3) is 0 Å². The SMILES string of the molecule is CN1CCC(Oc2ncccc2NC(=O)CCCc2ccccc2)CC1. The Balaban J connectivity index is 1.50. The fourth-order valence-corrected chi connectivity index (χ4v) is 3.15. The number of pyridine rings is 1. The summed E-state index contributed by atoms with van der Waals surface area (Å²) < 4.78 is 6.06. The molecule has 138 valence electrons. The highest BCUT2D eigenvalue weighted by atomic mass is 16.5. The number of carbonyl (C=O) groups is 1. The summed E-state index contributed by atoms with van der Waals surface area (Å²) in [5.74, 6) is 0.528. The summed E-state index contributed by atoms with van der Waals surface area (Å²) in [4.78, 5) is 18.9. The van der Waals surface area contributed by atoms with E-state index in [1.807, 2.05) is 30.3 Å². The van der Waals surface area contributed by atoms with E-state index in [9.17, 15) is 4.79 Å². The molecule has 0 unspecified atom stereocenters. The summed E-state index contributed by atoms with van der Waals surface area (Å²) in [6.45, 7) is 2.05. The third-order valence-corrected chi connectivity index (χ3v) is 4.70. The summed E-state index contributed by atoms with van der Waals surface area (Å²) in [6.07, 6.45) is 6.04. The van der Waals surface area contributed by atoms with Gasteiger partial charge in [-0.15, -0.1) is 0 Å². The summed E-state index contributed by atoms with van der Waals surface area (Å²) in [6, 6.07) is 13.9. The average molecular weight is 353 g/mol. The Bertz CT molecular complexity index is 697. The van der Waals surface area contributed by atoms with Crippen molar-refractivity contribution < 1.29 is 9.53 Å². The zero-order valence-electron chi connectivity index (χ0n) is 15.4. The number of nitrogens with one attached hydrogen (secondary N) is 1. The standard InChI is InChI=1S/C21H27N3O2/c1-24-15-12-18(13-16-24)26-21-19(10-6-14-22-21)23-20(25)11-5-9-17-7-3-2-4-8-17/h2-4,6-8,10,14,18H,5,9,11-13,15-16H2,1H3,(H,23,25). The van der Waals surface area contributed by atoms with Gasteiger partial charge in [0, 0.05) is 25.7 Å². The average Bonchev–Trinajstić information content (AvgIpc) is 2.66. The largest absolute Gasteiger partial charge is 0.473 e. The Kier molecular flexibility index (Phi) is 6.61. The highest BCUT2D eigenvalue weighted by Gasteiger charge is 2.20. The Morgan fingerprint density at radius 2 is 1.96 bits per heavy atom. The second-order valence-electron chi connectivity index (χ2n) is 6.86. The van der Waals surface area contributed by atoms with Crippen LogP contribution >= 0.6 is 0 Å². The minimum Gasteiger partial charge on any atom is -0.473 e. The molecule has 3 rings (SSSR count). The molecule has 0 radical (unpaired) electrons. The number of piperidine rings is 1. The van der Waals surface area contributed by atoms with Crippen LogP contribution in [0.5, 0.6) is 5.88 Å². The van der Waals surface area contributed by atoms with Crippen molar-refractivity contribution in [1.82, 2.24) is 9.88 Å². The lowest BCUT2D eigenvalue weighted by Gasteiger charge is -2.29. The summed E-state index contributed by atoms with van der Waals surface area (Å²) in [7, 11) is 2.12. The zero-order chi connectivity index (χ0) is 18.2. The topological polar surface area (TPSA) is 54.5 Å². The van der Waals surface area contributed by atoms with Crippen LogP contribution in [0.3, 0.4) is 0 Å². The van der Waals surface area contributed by atoms with Gasteiger partial charge >= 0.3 is 0 Å². The lowest BCUT2D eigenvalue weighted by Crippen LogP contribution is -2.36. The van der Waals surface area contributed by atoms with Crippen LogP contribution in [0.2, 0.25) is 0 Å². The van der Waals surface area contributed by atoms with E-state index in [2.05, 4.69) is 34.4 Å². The molecule has 26 heavy (non-hydrogen) atoms. The van der Waals surface area contributed by atoms with E-state index >= 15 is 0 Å². The van der Waals surface area contributed by atoms with Gasteiger partial charge in [-0.25, -0.2) is 4.98 Å². The van der Waals surface area contributed by atoms with Gasteiger partial charge in [-0.3, -0.25) is 4.79 Å². The Morgan fingerprint density at radius 3 is 2.73 bits per heavy atom. The van der Waals surface area contributed by atoms with Crippen LogP contribution in [0.4, 0.5) is 5.69 Å². The number of hydrogen-bond donors (Lipinski definition) is 1. The van der Waals surface area contributed by atoms with E-state index < -0.39 is 0 Å². The van der Waals surface area contributed by atoms with Crippen LogP contribution in [0, 0.1) is 0 Å². The van der Waals surface area contributed by atoms with Gasteiger partial charge in [0.2, 0.25) is 11.8 Å². The highest BCUT2D eigenvalue weighted by molar-refractivity contribution is 5.91. The van der Waals surface area contributed by atoms with Gasteiger partial charge in [0.1, 0.15) is 11.8 Å². The molecule has 5 nitrogen and oxygen atoms in total. The third kappa shape index (κ3) is 5.56. The van der Waals surface area contributed by atoms with Crippen LogP contribution in [0.15, 0.2) is 48.7 Å². The zero-order valence-corrected chi connectivity index (χ0v) is 15.4. The normalized spacial score (nSPS) is 15.6. The first-order chi connectivity index (χ1) is 12.7. The van der Waals surface area contributed by atoms with Crippen LogP contribution in [-0.4, -0.2) is 42.0 Å². The first-order valence-electron chi connectivity index (χ1n) is 9.35. The van der Waals surface area contributed by atoms with Gasteiger partial charge in [0.05, 0.1) is 0 Å². The molecule has 1 N–H and O–H groups in total. The molecule has 1 saturated heterocycles. The number of amides is 1. The Labute approximate surface area is 155 Å². The first-order valence-corrected chi connectivity index (χ1v) is 9.35. The maximum atomic E-state index is 12.3. The smallest absolute Gasteiger partial charge is 0.238 e. The van der Waals surface area contributed by atoms with Gasteiger partial charge in [-0.05, 0) is 50.4 Å². The number of rotatable bonds is 7. The van der Waals surface area contributed by atoms with Crippen molar-refractivity contribution in [3.8, 4) is 5.88 Å². The number of aromatic nitrogens is 1. The summed E-state index contributed by atoms with van der Waals surface area (Å²) in [5.41, 5.74) is 1.92. The third-order valence-electron chi connectivity index (χ3n) is 4.70. The van der Waals surface area contributed by atoms with Crippen LogP contribution in [0.1, 0.15) is 31.2 Å². The Hall–Kier alpha value is -2.40. The molecule has 0 saturated carbocycles. The number of carbonyl (C=O) groups excluding carboxylic acids is 1.